The van der Waals surface area contributed by atoms with Gasteiger partial charge in [0.15, 0.2) is 0 Å². The lowest BCUT2D eigenvalue weighted by Crippen LogP contribution is -2.07. The fourth-order valence-corrected chi connectivity index (χ4v) is 3.20. The smallest absolute Gasteiger partial charge is 0.0554 e. The lowest BCUT2D eigenvalue weighted by Gasteiger charge is -2.08. The number of nitrogens with zero attached hydrogens (tertiary/aromatic N) is 1. The molecule has 3 aromatic rings. The summed E-state index contributed by atoms with van der Waals surface area (Å²) in [4.78, 5) is 0. The predicted octanol–water partition coefficient (Wildman–Crippen LogP) is 3.13. The molecule has 2 aromatic carbocycles. The van der Waals surface area contributed by atoms with Crippen molar-refractivity contribution in [2.24, 2.45) is 0 Å². The van der Waals surface area contributed by atoms with Gasteiger partial charge in [0.05, 0.1) is 11.2 Å². The minimum atomic E-state index is 0.994. The molecule has 0 atom stereocenters. The lowest BCUT2D eigenvalue weighted by atomic mass is 10.1. The van der Waals surface area contributed by atoms with E-state index in [0.29, 0.717) is 0 Å². The Balaban J connectivity index is 1.97. The van der Waals surface area contributed by atoms with E-state index in [1.165, 1.54) is 38.3 Å². The second-order valence-electron chi connectivity index (χ2n) is 5.55. The van der Waals surface area contributed by atoms with E-state index in [2.05, 4.69) is 77.1 Å². The molecule has 0 amide bonds. The molecule has 0 spiro atoms. The highest BCUT2D eigenvalue weighted by Crippen LogP contribution is 2.31. The van der Waals surface area contributed by atoms with Crippen molar-refractivity contribution >= 4 is 28.8 Å². The Morgan fingerprint density at radius 2 is 1.71 bits per heavy atom. The molecular formula is C20H13N. The third-order valence-corrected chi connectivity index (χ3v) is 4.24. The van der Waals surface area contributed by atoms with Gasteiger partial charge < -0.3 is 4.57 Å². The van der Waals surface area contributed by atoms with Crippen molar-refractivity contribution in [1.29, 1.82) is 0 Å². The molecule has 98 valence electrons. The molecule has 5 rings (SSSR count). The first-order valence-electron chi connectivity index (χ1n) is 7.30. The van der Waals surface area contributed by atoms with Crippen LogP contribution in [0.5, 0.6) is 0 Å². The molecular weight excluding hydrogens is 254 g/mol. The molecule has 1 nitrogen and oxygen atoms in total. The Hall–Kier alpha value is -2.76. The van der Waals surface area contributed by atoms with Crippen LogP contribution in [0.25, 0.3) is 34.5 Å². The molecule has 0 aliphatic heterocycles. The largest absolute Gasteiger partial charge is 0.309 e. The number of benzene rings is 2. The molecule has 0 fully saturated rings. The van der Waals surface area contributed by atoms with Crippen LogP contribution < -0.4 is 10.4 Å². The number of aromatic nitrogens is 1. The molecule has 1 heterocycles. The van der Waals surface area contributed by atoms with Crippen molar-refractivity contribution < 1.29 is 0 Å². The van der Waals surface area contributed by atoms with Gasteiger partial charge in [0.2, 0.25) is 0 Å². The second kappa shape index (κ2) is 3.88. The second-order valence-corrected chi connectivity index (χ2v) is 5.55. The van der Waals surface area contributed by atoms with Crippen LogP contribution in [0, 0.1) is 0 Å². The Morgan fingerprint density at radius 3 is 2.62 bits per heavy atom. The molecule has 0 unspecified atom stereocenters. The summed E-state index contributed by atoms with van der Waals surface area (Å²) in [5, 5.41) is 3.83. The standard InChI is InChI=1S/C20H13N/c1-3-7-16(8-4-1)21-19-10-6-2-5-9-17(19)18-12-14-11-15(14)13-20(18)21/h1,3-10,12-13H,2H2. The molecule has 2 aliphatic carbocycles. The number of hydrogen-bond acceptors (Lipinski definition) is 0. The highest BCUT2D eigenvalue weighted by Gasteiger charge is 2.17. The zero-order valence-electron chi connectivity index (χ0n) is 11.5. The number of hydrogen-bond donors (Lipinski definition) is 0. The molecule has 2 aliphatic rings. The zero-order chi connectivity index (χ0) is 13.8. The number of rotatable bonds is 1. The van der Waals surface area contributed by atoms with Gasteiger partial charge in [0, 0.05) is 27.1 Å². The summed E-state index contributed by atoms with van der Waals surface area (Å²) in [6.07, 6.45) is 9.96. The van der Waals surface area contributed by atoms with E-state index in [1.807, 2.05) is 0 Å². The summed E-state index contributed by atoms with van der Waals surface area (Å²) in [7, 11) is 0. The maximum Gasteiger partial charge on any atom is 0.0554 e. The summed E-state index contributed by atoms with van der Waals surface area (Å²) in [6, 6.07) is 15.1. The Kier molecular flexibility index (Phi) is 2.02. The molecule has 1 heteroatoms. The SMILES string of the molecule is C1=c2cc3c4c(n(-c5ccccc5)c3cc2=1)C=CCC=C4. The monoisotopic (exact) mass is 267 g/mol. The van der Waals surface area contributed by atoms with Crippen molar-refractivity contribution in [2.45, 2.75) is 6.42 Å². The van der Waals surface area contributed by atoms with Crippen LogP contribution in [0.1, 0.15) is 17.7 Å². The number of fused-ring (bicyclic) bond motifs is 4. The van der Waals surface area contributed by atoms with E-state index in [-0.39, 0.29) is 0 Å². The van der Waals surface area contributed by atoms with Gasteiger partial charge in [-0.15, -0.1) is 5.73 Å². The first kappa shape index (κ1) is 11.0. The van der Waals surface area contributed by atoms with Crippen LogP contribution >= 0.6 is 0 Å². The number of allylic oxidation sites excluding steroid dienone is 2. The normalized spacial score (nSPS) is 14.1. The minimum absolute atomic E-state index is 0.994. The first-order valence-corrected chi connectivity index (χ1v) is 7.30. The van der Waals surface area contributed by atoms with Crippen LogP contribution in [0.4, 0.5) is 0 Å². The third-order valence-electron chi connectivity index (χ3n) is 4.24. The first-order chi connectivity index (χ1) is 10.4. The summed E-state index contributed by atoms with van der Waals surface area (Å²) >= 11 is 0. The van der Waals surface area contributed by atoms with Crippen LogP contribution in [0.15, 0.2) is 54.6 Å². The average Bonchev–Trinajstić information content (AvgIpc) is 3.26. The third kappa shape index (κ3) is 1.53. The van der Waals surface area contributed by atoms with E-state index >= 15 is 0 Å². The van der Waals surface area contributed by atoms with Crippen molar-refractivity contribution in [2.75, 3.05) is 0 Å². The maximum atomic E-state index is 3.33. The molecule has 0 bridgehead atoms. The summed E-state index contributed by atoms with van der Waals surface area (Å²) in [5.41, 5.74) is 8.41. The summed E-state index contributed by atoms with van der Waals surface area (Å²) < 4.78 is 2.36. The lowest BCUT2D eigenvalue weighted by molar-refractivity contribution is 1.10. The van der Waals surface area contributed by atoms with Crippen LogP contribution in [-0.4, -0.2) is 4.57 Å². The fourth-order valence-electron chi connectivity index (χ4n) is 3.20. The minimum Gasteiger partial charge on any atom is -0.309 e. The molecule has 0 saturated heterocycles. The van der Waals surface area contributed by atoms with E-state index < -0.39 is 0 Å². The summed E-state index contributed by atoms with van der Waals surface area (Å²) in [6.45, 7) is 0. The molecule has 21 heavy (non-hydrogen) atoms. The van der Waals surface area contributed by atoms with Gasteiger partial charge in [-0.25, -0.2) is 0 Å². The Morgan fingerprint density at radius 1 is 0.905 bits per heavy atom. The van der Waals surface area contributed by atoms with Crippen LogP contribution in [-0.2, 0) is 0 Å². The van der Waals surface area contributed by atoms with E-state index in [9.17, 15) is 0 Å². The predicted molar refractivity (Wildman–Crippen MR) is 87.7 cm³/mol. The highest BCUT2D eigenvalue weighted by atomic mass is 15.0. The van der Waals surface area contributed by atoms with Gasteiger partial charge >= 0.3 is 0 Å². The van der Waals surface area contributed by atoms with Crippen molar-refractivity contribution in [3.05, 3.63) is 76.3 Å². The van der Waals surface area contributed by atoms with Crippen molar-refractivity contribution in [1.82, 2.24) is 4.57 Å². The van der Waals surface area contributed by atoms with Gasteiger partial charge in [0.25, 0.3) is 0 Å². The Bertz CT molecular complexity index is 1070. The van der Waals surface area contributed by atoms with Gasteiger partial charge in [0.1, 0.15) is 0 Å². The molecule has 1 aromatic heterocycles. The number of para-hydroxylation sites is 1. The Labute approximate surface area is 122 Å². The molecule has 0 N–H and O–H groups in total. The molecule has 0 radical (unpaired) electrons. The van der Waals surface area contributed by atoms with E-state index in [1.54, 1.807) is 0 Å². The topological polar surface area (TPSA) is 4.93 Å². The summed E-state index contributed by atoms with van der Waals surface area (Å²) in [5.74, 6) is 0. The van der Waals surface area contributed by atoms with Crippen molar-refractivity contribution in [3.63, 3.8) is 0 Å². The van der Waals surface area contributed by atoms with Gasteiger partial charge in [-0.1, -0.05) is 36.4 Å². The fraction of sp³-hybridized carbons (Fsp3) is 0.0500. The van der Waals surface area contributed by atoms with Crippen LogP contribution in [0.3, 0.4) is 0 Å². The average molecular weight is 267 g/mol. The van der Waals surface area contributed by atoms with Gasteiger partial charge in [-0.2, -0.15) is 0 Å². The maximum absolute atomic E-state index is 3.33. The van der Waals surface area contributed by atoms with E-state index in [0.717, 1.165) is 6.42 Å². The van der Waals surface area contributed by atoms with Gasteiger partial charge in [-0.3, -0.25) is 0 Å². The van der Waals surface area contributed by atoms with Crippen LogP contribution in [0.2, 0.25) is 0 Å². The van der Waals surface area contributed by atoms with E-state index in [4.69, 9.17) is 0 Å². The van der Waals surface area contributed by atoms with Crippen molar-refractivity contribution in [3.8, 4) is 5.69 Å². The quantitative estimate of drug-likeness (QED) is 0.499. The van der Waals surface area contributed by atoms with Gasteiger partial charge in [-0.05, 0) is 36.8 Å². The zero-order valence-corrected chi connectivity index (χ0v) is 11.5. The highest BCUT2D eigenvalue weighted by molar-refractivity contribution is 5.96. The molecule has 0 saturated carbocycles.